The first kappa shape index (κ1) is 16.3. The van der Waals surface area contributed by atoms with Crippen LogP contribution in [-0.4, -0.2) is 25.0 Å². The van der Waals surface area contributed by atoms with Crippen LogP contribution in [0.15, 0.2) is 12.2 Å². The van der Waals surface area contributed by atoms with Crippen molar-refractivity contribution in [3.63, 3.8) is 0 Å². The molecule has 0 aliphatic carbocycles. The van der Waals surface area contributed by atoms with Gasteiger partial charge >= 0.3 is 0 Å². The predicted octanol–water partition coefficient (Wildman–Crippen LogP) is 2.55. The fourth-order valence-corrected chi connectivity index (χ4v) is 2.25. The van der Waals surface area contributed by atoms with Crippen molar-refractivity contribution in [3.8, 4) is 0 Å². The Hall–Kier alpha value is -0.670. The first-order chi connectivity index (χ1) is 7.75. The van der Waals surface area contributed by atoms with Crippen LogP contribution in [-0.2, 0) is 9.53 Å². The Bertz CT molecular complexity index is 263. The van der Waals surface area contributed by atoms with Gasteiger partial charge < -0.3 is 15.3 Å². The smallest absolute Gasteiger partial charge is 0.126 e. The molecule has 3 nitrogen and oxygen atoms in total. The minimum Gasteiger partial charge on any atom is -0.378 e. The molecule has 0 rings (SSSR count). The molecule has 0 aliphatic heterocycles. The Morgan fingerprint density at radius 1 is 1.41 bits per heavy atom. The average Bonchev–Trinajstić information content (AvgIpc) is 2.25. The number of aldehydes is 1. The second-order valence-corrected chi connectivity index (χ2v) is 5.44. The minimum atomic E-state index is -0.251. The average molecular weight is 241 g/mol. The van der Waals surface area contributed by atoms with Gasteiger partial charge in [0, 0.05) is 19.1 Å². The zero-order valence-corrected chi connectivity index (χ0v) is 11.8. The van der Waals surface area contributed by atoms with Gasteiger partial charge in [-0.15, -0.1) is 0 Å². The summed E-state index contributed by atoms with van der Waals surface area (Å²) in [6, 6.07) is 0.101. The molecule has 0 fully saturated rings. The van der Waals surface area contributed by atoms with E-state index in [1.54, 1.807) is 7.11 Å². The lowest BCUT2D eigenvalue weighted by Crippen LogP contribution is -2.36. The Balaban J connectivity index is 4.56. The highest BCUT2D eigenvalue weighted by Gasteiger charge is 2.29. The van der Waals surface area contributed by atoms with Gasteiger partial charge in [-0.1, -0.05) is 26.0 Å². The summed E-state index contributed by atoms with van der Waals surface area (Å²) in [6.45, 7) is 12.0. The molecule has 0 saturated carbocycles. The third-order valence-corrected chi connectivity index (χ3v) is 3.41. The number of carbonyl (C=O) groups is 1. The molecule has 0 aromatic carbocycles. The molecule has 0 bridgehead atoms. The van der Waals surface area contributed by atoms with Gasteiger partial charge in [-0.05, 0) is 32.6 Å². The number of rotatable bonds is 8. The van der Waals surface area contributed by atoms with Crippen LogP contribution in [0.2, 0.25) is 0 Å². The SMILES string of the molecule is C=C(C(C)C=O)[C@H](C)C[C@@](C)(C[C@@H](C)N)OC. The van der Waals surface area contributed by atoms with E-state index in [2.05, 4.69) is 20.4 Å². The fourth-order valence-electron chi connectivity index (χ4n) is 2.25. The number of allylic oxidation sites excluding steroid dienone is 1. The summed E-state index contributed by atoms with van der Waals surface area (Å²) in [4.78, 5) is 10.8. The number of hydrogen-bond acceptors (Lipinski definition) is 3. The largest absolute Gasteiger partial charge is 0.378 e. The Kier molecular flexibility index (Phi) is 6.65. The maximum Gasteiger partial charge on any atom is 0.126 e. The van der Waals surface area contributed by atoms with Crippen molar-refractivity contribution in [3.05, 3.63) is 12.2 Å². The van der Waals surface area contributed by atoms with Crippen LogP contribution in [0.4, 0.5) is 0 Å². The summed E-state index contributed by atoms with van der Waals surface area (Å²) >= 11 is 0. The molecule has 17 heavy (non-hydrogen) atoms. The van der Waals surface area contributed by atoms with Crippen molar-refractivity contribution in [2.24, 2.45) is 17.6 Å². The normalized spacial score (nSPS) is 20.1. The monoisotopic (exact) mass is 241 g/mol. The Morgan fingerprint density at radius 2 is 1.94 bits per heavy atom. The van der Waals surface area contributed by atoms with E-state index >= 15 is 0 Å². The maximum absolute atomic E-state index is 10.8. The topological polar surface area (TPSA) is 52.3 Å². The minimum absolute atomic E-state index is 0.0959. The highest BCUT2D eigenvalue weighted by molar-refractivity contribution is 5.57. The summed E-state index contributed by atoms with van der Waals surface area (Å²) in [5.41, 5.74) is 6.55. The summed E-state index contributed by atoms with van der Waals surface area (Å²) in [6.07, 6.45) is 2.58. The van der Waals surface area contributed by atoms with E-state index < -0.39 is 0 Å². The van der Waals surface area contributed by atoms with Crippen LogP contribution in [0.1, 0.15) is 40.5 Å². The molecule has 1 unspecified atom stereocenters. The van der Waals surface area contributed by atoms with Crippen molar-refractivity contribution >= 4 is 6.29 Å². The quantitative estimate of drug-likeness (QED) is 0.525. The third-order valence-electron chi connectivity index (χ3n) is 3.41. The van der Waals surface area contributed by atoms with E-state index in [9.17, 15) is 4.79 Å². The van der Waals surface area contributed by atoms with Crippen molar-refractivity contribution in [1.82, 2.24) is 0 Å². The molecule has 0 radical (unpaired) electrons. The van der Waals surface area contributed by atoms with Gasteiger partial charge in [0.2, 0.25) is 0 Å². The number of methoxy groups -OCH3 is 1. The molecule has 0 heterocycles. The molecule has 4 atom stereocenters. The van der Waals surface area contributed by atoms with Crippen molar-refractivity contribution in [2.75, 3.05) is 7.11 Å². The highest BCUT2D eigenvalue weighted by atomic mass is 16.5. The summed E-state index contributed by atoms with van der Waals surface area (Å²) in [7, 11) is 1.71. The zero-order valence-electron chi connectivity index (χ0n) is 11.8. The second kappa shape index (κ2) is 6.92. The number of carbonyl (C=O) groups excluding carboxylic acids is 1. The van der Waals surface area contributed by atoms with Gasteiger partial charge in [0.1, 0.15) is 6.29 Å². The van der Waals surface area contributed by atoms with Crippen molar-refractivity contribution in [2.45, 2.75) is 52.2 Å². The van der Waals surface area contributed by atoms with E-state index in [1.807, 2.05) is 13.8 Å². The third kappa shape index (κ3) is 5.46. The number of nitrogens with two attached hydrogens (primary N) is 1. The Labute approximate surface area is 105 Å². The van der Waals surface area contributed by atoms with Gasteiger partial charge in [0.05, 0.1) is 5.60 Å². The Morgan fingerprint density at radius 3 is 2.29 bits per heavy atom. The van der Waals surface area contributed by atoms with E-state index in [1.165, 1.54) is 0 Å². The van der Waals surface area contributed by atoms with E-state index in [4.69, 9.17) is 10.5 Å². The van der Waals surface area contributed by atoms with Crippen LogP contribution >= 0.6 is 0 Å². The zero-order chi connectivity index (χ0) is 13.6. The van der Waals surface area contributed by atoms with Gasteiger partial charge in [0.15, 0.2) is 0 Å². The van der Waals surface area contributed by atoms with E-state index in [0.717, 1.165) is 24.7 Å². The molecular weight excluding hydrogens is 214 g/mol. The lowest BCUT2D eigenvalue weighted by molar-refractivity contribution is -0.110. The molecule has 100 valence electrons. The molecule has 0 aliphatic rings. The van der Waals surface area contributed by atoms with Gasteiger partial charge in [-0.3, -0.25) is 0 Å². The molecule has 0 saturated heterocycles. The van der Waals surface area contributed by atoms with Crippen LogP contribution in [0.3, 0.4) is 0 Å². The van der Waals surface area contributed by atoms with Gasteiger partial charge in [0.25, 0.3) is 0 Å². The summed E-state index contributed by atoms with van der Waals surface area (Å²) < 4.78 is 5.57. The number of hydrogen-bond donors (Lipinski definition) is 1. The highest BCUT2D eigenvalue weighted by Crippen LogP contribution is 2.30. The van der Waals surface area contributed by atoms with Gasteiger partial charge in [-0.25, -0.2) is 0 Å². The standard InChI is InChI=1S/C14H27NO2/c1-10(13(4)11(2)9-16)7-14(5,17-6)8-12(3)15/h9-12H,4,7-8,15H2,1-3,5-6H3/t10-,11?,12-,14+/m1/s1. The molecular formula is C14H27NO2. The first-order valence-electron chi connectivity index (χ1n) is 6.20. The van der Waals surface area contributed by atoms with Crippen molar-refractivity contribution in [1.29, 1.82) is 0 Å². The molecule has 0 spiro atoms. The molecule has 2 N–H and O–H groups in total. The van der Waals surface area contributed by atoms with Gasteiger partial charge in [-0.2, -0.15) is 0 Å². The van der Waals surface area contributed by atoms with Crippen LogP contribution in [0.5, 0.6) is 0 Å². The molecule has 0 amide bonds. The lowest BCUT2D eigenvalue weighted by Gasteiger charge is -2.33. The van der Waals surface area contributed by atoms with Crippen LogP contribution < -0.4 is 5.73 Å². The summed E-state index contributed by atoms with van der Waals surface area (Å²) in [5.74, 6) is 0.153. The number of ether oxygens (including phenoxy) is 1. The second-order valence-electron chi connectivity index (χ2n) is 5.44. The molecule has 3 heteroatoms. The fraction of sp³-hybridized carbons (Fsp3) is 0.786. The predicted molar refractivity (Wildman–Crippen MR) is 71.8 cm³/mol. The summed E-state index contributed by atoms with van der Waals surface area (Å²) in [5, 5.41) is 0. The van der Waals surface area contributed by atoms with E-state index in [-0.39, 0.29) is 23.5 Å². The van der Waals surface area contributed by atoms with Crippen LogP contribution in [0, 0.1) is 11.8 Å². The van der Waals surface area contributed by atoms with E-state index in [0.29, 0.717) is 0 Å². The lowest BCUT2D eigenvalue weighted by atomic mass is 9.81. The van der Waals surface area contributed by atoms with Crippen molar-refractivity contribution < 1.29 is 9.53 Å². The molecule has 0 aromatic heterocycles. The molecule has 0 aromatic rings. The van der Waals surface area contributed by atoms with Crippen LogP contribution in [0.25, 0.3) is 0 Å². The first-order valence-corrected chi connectivity index (χ1v) is 6.20. The maximum atomic E-state index is 10.8.